The second-order valence-corrected chi connectivity index (χ2v) is 9.89. The first kappa shape index (κ1) is 28.4. The molecule has 2 amide bonds. The molecular formula is C30H34N4O6. The Morgan fingerprint density at radius 3 is 2.25 bits per heavy atom. The number of para-hydroxylation sites is 1. The van der Waals surface area contributed by atoms with Crippen molar-refractivity contribution in [3.8, 4) is 5.75 Å². The van der Waals surface area contributed by atoms with Crippen molar-refractivity contribution in [2.45, 2.75) is 32.7 Å². The number of hydrogen-bond acceptors (Lipinski definition) is 8. The van der Waals surface area contributed by atoms with Gasteiger partial charge in [0, 0.05) is 32.1 Å². The molecule has 1 fully saturated rings. The molecule has 1 aliphatic heterocycles. The van der Waals surface area contributed by atoms with E-state index in [1.807, 2.05) is 37.3 Å². The Morgan fingerprint density at radius 1 is 0.950 bits per heavy atom. The van der Waals surface area contributed by atoms with Crippen LogP contribution in [0.1, 0.15) is 48.7 Å². The third kappa shape index (κ3) is 5.85. The number of phenols is 1. The molecule has 0 radical (unpaired) electrons. The largest absolute Gasteiger partial charge is 0.516 e. The maximum absolute atomic E-state index is 13.3. The van der Waals surface area contributed by atoms with E-state index in [0.29, 0.717) is 39.0 Å². The van der Waals surface area contributed by atoms with E-state index in [1.165, 1.54) is 18.2 Å². The van der Waals surface area contributed by atoms with Crippen LogP contribution in [-0.4, -0.2) is 58.0 Å². The standard InChI is InChI=1S/C30H34N4O6/c1-3-22(20-10-5-4-6-11-20)31-24-25(28(38)27(24)37)32-23-13-7-12-21(26(23)36)30(40)34-16-14-33(15-17-34)29(39)19(2)9-8-18-35/h4-8,10-13,18-19,22,31-32,35-36H,3,9,14-17H2,1-2H3/b18-8-/t19?,22-/m1/s1. The Morgan fingerprint density at radius 2 is 1.60 bits per heavy atom. The molecular weight excluding hydrogens is 512 g/mol. The summed E-state index contributed by atoms with van der Waals surface area (Å²) in [6.45, 7) is 5.07. The summed E-state index contributed by atoms with van der Waals surface area (Å²) in [4.78, 5) is 54.0. The van der Waals surface area contributed by atoms with Gasteiger partial charge in [0.2, 0.25) is 5.91 Å². The van der Waals surface area contributed by atoms with Gasteiger partial charge in [-0.2, -0.15) is 0 Å². The van der Waals surface area contributed by atoms with Gasteiger partial charge in [-0.05, 0) is 36.6 Å². The fraction of sp³-hybridized carbons (Fsp3) is 0.333. The number of anilines is 3. The number of rotatable bonds is 10. The van der Waals surface area contributed by atoms with Gasteiger partial charge in [0.25, 0.3) is 16.8 Å². The summed E-state index contributed by atoms with van der Waals surface area (Å²) < 4.78 is 0. The highest BCUT2D eigenvalue weighted by Crippen LogP contribution is 2.33. The molecule has 1 saturated heterocycles. The lowest BCUT2D eigenvalue weighted by molar-refractivity contribution is -0.136. The third-order valence-corrected chi connectivity index (χ3v) is 7.26. The topological polar surface area (TPSA) is 139 Å². The van der Waals surface area contributed by atoms with Crippen LogP contribution in [-0.2, 0) is 4.79 Å². The van der Waals surface area contributed by atoms with E-state index in [4.69, 9.17) is 5.11 Å². The number of phenolic OH excluding ortho intramolecular Hbond substituents is 1. The molecule has 2 atom stereocenters. The zero-order chi connectivity index (χ0) is 28.8. The molecule has 1 heterocycles. The highest BCUT2D eigenvalue weighted by Gasteiger charge is 2.29. The first-order valence-corrected chi connectivity index (χ1v) is 13.4. The quantitative estimate of drug-likeness (QED) is 0.172. The predicted molar refractivity (Wildman–Crippen MR) is 154 cm³/mol. The number of carbonyl (C=O) groups excluding carboxylic acids is 2. The van der Waals surface area contributed by atoms with Crippen LogP contribution in [0.2, 0.25) is 0 Å². The molecule has 0 bridgehead atoms. The molecule has 0 saturated carbocycles. The van der Waals surface area contributed by atoms with Crippen LogP contribution in [0, 0.1) is 5.92 Å². The number of piperazine rings is 1. The number of aliphatic hydroxyl groups is 1. The maximum atomic E-state index is 13.3. The SMILES string of the molecule is CC[C@@H](Nc1c(Nc2cccc(C(=O)N3CCN(C(=O)C(C)C/C=C\O)CC3)c2O)c(=O)c1=O)c1ccccc1. The molecule has 0 aliphatic carbocycles. The third-order valence-electron chi connectivity index (χ3n) is 7.26. The van der Waals surface area contributed by atoms with Crippen LogP contribution in [0.15, 0.2) is 70.5 Å². The Balaban J connectivity index is 1.45. The molecule has 4 N–H and O–H groups in total. The smallest absolute Gasteiger partial charge is 0.257 e. The van der Waals surface area contributed by atoms with E-state index >= 15 is 0 Å². The number of allylic oxidation sites excluding steroid dienone is 1. The van der Waals surface area contributed by atoms with Crippen molar-refractivity contribution in [1.29, 1.82) is 0 Å². The maximum Gasteiger partial charge on any atom is 0.257 e. The summed E-state index contributed by atoms with van der Waals surface area (Å²) in [7, 11) is 0. The predicted octanol–water partition coefficient (Wildman–Crippen LogP) is 3.68. The fourth-order valence-corrected chi connectivity index (χ4v) is 4.86. The second kappa shape index (κ2) is 12.5. The molecule has 10 nitrogen and oxygen atoms in total. The zero-order valence-corrected chi connectivity index (χ0v) is 22.6. The van der Waals surface area contributed by atoms with Crippen LogP contribution < -0.4 is 21.5 Å². The summed E-state index contributed by atoms with van der Waals surface area (Å²) in [6, 6.07) is 14.0. The molecule has 210 valence electrons. The van der Waals surface area contributed by atoms with Gasteiger partial charge in [-0.15, -0.1) is 0 Å². The molecule has 3 aromatic carbocycles. The average Bonchev–Trinajstić information content (AvgIpc) is 2.99. The lowest BCUT2D eigenvalue weighted by atomic mass is 10.0. The number of amides is 2. The first-order valence-electron chi connectivity index (χ1n) is 13.4. The van der Waals surface area contributed by atoms with Crippen molar-refractivity contribution in [3.05, 3.63) is 92.4 Å². The summed E-state index contributed by atoms with van der Waals surface area (Å²) in [5.74, 6) is -1.06. The highest BCUT2D eigenvalue weighted by molar-refractivity contribution is 5.99. The first-order chi connectivity index (χ1) is 19.3. The Kier molecular flexibility index (Phi) is 8.88. The lowest BCUT2D eigenvalue weighted by Crippen LogP contribution is -2.51. The van der Waals surface area contributed by atoms with Crippen LogP contribution in [0.5, 0.6) is 5.75 Å². The summed E-state index contributed by atoms with van der Waals surface area (Å²) in [5.41, 5.74) is -0.0113. The van der Waals surface area contributed by atoms with E-state index in [1.54, 1.807) is 22.8 Å². The van der Waals surface area contributed by atoms with E-state index in [0.717, 1.165) is 11.8 Å². The summed E-state index contributed by atoms with van der Waals surface area (Å²) in [5, 5.41) is 25.8. The van der Waals surface area contributed by atoms with Gasteiger partial charge in [0.05, 0.1) is 23.6 Å². The van der Waals surface area contributed by atoms with Gasteiger partial charge in [-0.25, -0.2) is 0 Å². The molecule has 1 unspecified atom stereocenters. The van der Waals surface area contributed by atoms with Gasteiger partial charge in [-0.3, -0.25) is 19.2 Å². The van der Waals surface area contributed by atoms with Gasteiger partial charge >= 0.3 is 0 Å². The van der Waals surface area contributed by atoms with Crippen molar-refractivity contribution in [1.82, 2.24) is 9.80 Å². The molecule has 40 heavy (non-hydrogen) atoms. The molecule has 4 rings (SSSR count). The summed E-state index contributed by atoms with van der Waals surface area (Å²) >= 11 is 0. The van der Waals surface area contributed by atoms with Crippen molar-refractivity contribution in [2.75, 3.05) is 36.8 Å². The second-order valence-electron chi connectivity index (χ2n) is 9.89. The fourth-order valence-electron chi connectivity index (χ4n) is 4.86. The average molecular weight is 547 g/mol. The molecule has 3 aromatic rings. The van der Waals surface area contributed by atoms with Crippen LogP contribution >= 0.6 is 0 Å². The van der Waals surface area contributed by atoms with E-state index in [2.05, 4.69) is 10.6 Å². The monoisotopic (exact) mass is 546 g/mol. The molecule has 10 heteroatoms. The van der Waals surface area contributed by atoms with Gasteiger partial charge in [-0.1, -0.05) is 50.2 Å². The zero-order valence-electron chi connectivity index (χ0n) is 22.6. The Bertz CT molecular complexity index is 1450. The van der Waals surface area contributed by atoms with E-state index in [9.17, 15) is 24.3 Å². The number of carbonyl (C=O) groups is 2. The van der Waals surface area contributed by atoms with E-state index in [-0.39, 0.29) is 46.2 Å². The van der Waals surface area contributed by atoms with Crippen LogP contribution in [0.3, 0.4) is 0 Å². The Labute approximate surface area is 232 Å². The number of aromatic hydroxyl groups is 1. The number of hydrogen-bond donors (Lipinski definition) is 4. The molecule has 0 aromatic heterocycles. The minimum absolute atomic E-state index is 0.0385. The lowest BCUT2D eigenvalue weighted by Gasteiger charge is -2.36. The normalized spacial score (nSPS) is 15.2. The summed E-state index contributed by atoms with van der Waals surface area (Å²) in [6.07, 6.45) is 3.55. The van der Waals surface area contributed by atoms with Crippen molar-refractivity contribution in [2.24, 2.45) is 5.92 Å². The number of benzene rings is 2. The number of nitrogens with one attached hydrogen (secondary N) is 2. The Hall–Kier alpha value is -4.60. The highest BCUT2D eigenvalue weighted by atomic mass is 16.3. The minimum Gasteiger partial charge on any atom is -0.516 e. The van der Waals surface area contributed by atoms with Crippen molar-refractivity contribution >= 4 is 28.9 Å². The van der Waals surface area contributed by atoms with Gasteiger partial charge in [0.15, 0.2) is 5.75 Å². The van der Waals surface area contributed by atoms with Crippen molar-refractivity contribution in [3.63, 3.8) is 0 Å². The van der Waals surface area contributed by atoms with Crippen molar-refractivity contribution < 1.29 is 19.8 Å². The molecule has 1 aliphatic rings. The van der Waals surface area contributed by atoms with Gasteiger partial charge < -0.3 is 30.6 Å². The van der Waals surface area contributed by atoms with Crippen LogP contribution in [0.4, 0.5) is 17.1 Å². The number of aliphatic hydroxyl groups excluding tert-OH is 1. The molecule has 0 spiro atoms. The van der Waals surface area contributed by atoms with E-state index < -0.39 is 16.8 Å². The minimum atomic E-state index is -0.703. The number of nitrogens with zero attached hydrogens (tertiary/aromatic N) is 2. The van der Waals surface area contributed by atoms with Gasteiger partial charge in [0.1, 0.15) is 11.4 Å². The van der Waals surface area contributed by atoms with Crippen LogP contribution in [0.25, 0.3) is 0 Å².